The van der Waals surface area contributed by atoms with Gasteiger partial charge in [-0.05, 0) is 29.5 Å². The van der Waals surface area contributed by atoms with E-state index >= 15 is 0 Å². The Balaban J connectivity index is 2.39. The van der Waals surface area contributed by atoms with Crippen LogP contribution < -0.4 is 10.9 Å². The van der Waals surface area contributed by atoms with Gasteiger partial charge in [-0.25, -0.2) is 5.01 Å². The van der Waals surface area contributed by atoms with Gasteiger partial charge < -0.3 is 5.84 Å². The number of para-hydroxylation sites is 2. The van der Waals surface area contributed by atoms with Gasteiger partial charge >= 0.3 is 0 Å². The van der Waals surface area contributed by atoms with E-state index in [1.165, 1.54) is 0 Å². The topological polar surface area (TPSA) is 54.0 Å². The number of nitrogens with two attached hydrogens (primary N) is 1. The average molecular weight is 212 g/mol. The lowest BCUT2D eigenvalue weighted by atomic mass is 10.2. The first-order valence-electron chi connectivity index (χ1n) is 4.93. The van der Waals surface area contributed by atoms with Crippen LogP contribution in [0.25, 0.3) is 0 Å². The molecule has 0 amide bonds. The van der Waals surface area contributed by atoms with Crippen LogP contribution in [0.15, 0.2) is 71.1 Å². The summed E-state index contributed by atoms with van der Waals surface area (Å²) in [6.45, 7) is 0. The first-order chi connectivity index (χ1) is 7.92. The van der Waals surface area contributed by atoms with Crippen molar-refractivity contribution in [3.05, 3.63) is 60.7 Å². The summed E-state index contributed by atoms with van der Waals surface area (Å²) in [5.41, 5.74) is 1.84. The van der Waals surface area contributed by atoms with Gasteiger partial charge in [0.15, 0.2) is 0 Å². The third kappa shape index (κ3) is 2.17. The number of hydrogen-bond donors (Lipinski definition) is 1. The van der Waals surface area contributed by atoms with E-state index in [4.69, 9.17) is 5.84 Å². The number of benzene rings is 2. The molecule has 0 aliphatic carbocycles. The van der Waals surface area contributed by atoms with Crippen molar-refractivity contribution in [2.24, 2.45) is 16.3 Å². The van der Waals surface area contributed by atoms with Crippen molar-refractivity contribution >= 4 is 11.4 Å². The summed E-state index contributed by atoms with van der Waals surface area (Å²) < 4.78 is 0. The van der Waals surface area contributed by atoms with Crippen LogP contribution in [0.2, 0.25) is 0 Å². The molecule has 0 saturated heterocycles. The van der Waals surface area contributed by atoms with E-state index in [0.717, 1.165) is 11.4 Å². The molecule has 2 N–H and O–H groups in total. The van der Waals surface area contributed by atoms with Crippen LogP contribution in [-0.2, 0) is 0 Å². The molecule has 0 aliphatic heterocycles. The van der Waals surface area contributed by atoms with Gasteiger partial charge in [0.25, 0.3) is 0 Å². The van der Waals surface area contributed by atoms with E-state index in [1.807, 2.05) is 60.7 Å². The third-order valence-electron chi connectivity index (χ3n) is 2.14. The number of hydrogen-bond acceptors (Lipinski definition) is 2. The van der Waals surface area contributed by atoms with Crippen LogP contribution >= 0.6 is 0 Å². The molecule has 16 heavy (non-hydrogen) atoms. The lowest BCUT2D eigenvalue weighted by Crippen LogP contribution is -2.08. The van der Waals surface area contributed by atoms with Gasteiger partial charge in [-0.3, -0.25) is 0 Å². The molecule has 0 fully saturated rings. The van der Waals surface area contributed by atoms with Crippen LogP contribution in [0.3, 0.4) is 0 Å². The fourth-order valence-corrected chi connectivity index (χ4v) is 1.44. The number of anilines is 2. The first-order valence-corrected chi connectivity index (χ1v) is 4.93. The van der Waals surface area contributed by atoms with E-state index in [1.54, 1.807) is 5.01 Å². The van der Waals surface area contributed by atoms with Gasteiger partial charge in [-0.1, -0.05) is 41.6 Å². The Morgan fingerprint density at radius 1 is 0.750 bits per heavy atom. The van der Waals surface area contributed by atoms with Crippen LogP contribution in [0, 0.1) is 0 Å². The zero-order valence-electron chi connectivity index (χ0n) is 8.69. The van der Waals surface area contributed by atoms with E-state index in [-0.39, 0.29) is 0 Å². The Hall–Kier alpha value is -2.36. The highest BCUT2D eigenvalue weighted by Gasteiger charge is 2.06. The molecule has 0 aliphatic rings. The maximum atomic E-state index is 5.12. The summed E-state index contributed by atoms with van der Waals surface area (Å²) in [6.07, 6.45) is 0. The molecule has 0 spiro atoms. The zero-order valence-corrected chi connectivity index (χ0v) is 8.69. The second-order valence-corrected chi connectivity index (χ2v) is 3.19. The van der Waals surface area contributed by atoms with Crippen molar-refractivity contribution in [3.8, 4) is 0 Å². The first kappa shape index (κ1) is 10.2. The molecule has 2 rings (SSSR count). The molecule has 0 atom stereocenters. The molecule has 0 unspecified atom stereocenters. The van der Waals surface area contributed by atoms with Gasteiger partial charge in [-0.2, -0.15) is 0 Å². The molecule has 0 saturated carbocycles. The SMILES string of the molecule is NN=NN(c1ccccc1)c1ccccc1. The van der Waals surface area contributed by atoms with Gasteiger partial charge in [0.2, 0.25) is 0 Å². The highest BCUT2D eigenvalue weighted by Crippen LogP contribution is 2.24. The summed E-state index contributed by atoms with van der Waals surface area (Å²) in [4.78, 5) is 0. The fraction of sp³-hybridized carbons (Fsp3) is 0. The molecule has 80 valence electrons. The molecule has 0 bridgehead atoms. The van der Waals surface area contributed by atoms with E-state index in [2.05, 4.69) is 10.4 Å². The van der Waals surface area contributed by atoms with Crippen molar-refractivity contribution < 1.29 is 0 Å². The second kappa shape index (κ2) is 4.93. The molecule has 4 nitrogen and oxygen atoms in total. The van der Waals surface area contributed by atoms with E-state index < -0.39 is 0 Å². The maximum Gasteiger partial charge on any atom is 0.0670 e. The Bertz CT molecular complexity index is 413. The molecule has 2 aromatic rings. The summed E-state index contributed by atoms with van der Waals surface area (Å²) in [5, 5.41) is 8.92. The summed E-state index contributed by atoms with van der Waals surface area (Å²) in [6, 6.07) is 19.5. The minimum absolute atomic E-state index is 0.919. The van der Waals surface area contributed by atoms with Gasteiger partial charge in [0.05, 0.1) is 11.4 Å². The summed E-state index contributed by atoms with van der Waals surface area (Å²) in [7, 11) is 0. The molecule has 0 aromatic heterocycles. The van der Waals surface area contributed by atoms with Gasteiger partial charge in [-0.15, -0.1) is 0 Å². The van der Waals surface area contributed by atoms with Crippen molar-refractivity contribution in [3.63, 3.8) is 0 Å². The summed E-state index contributed by atoms with van der Waals surface area (Å²) in [5.74, 6) is 5.12. The zero-order chi connectivity index (χ0) is 11.2. The van der Waals surface area contributed by atoms with Gasteiger partial charge in [0.1, 0.15) is 0 Å². The molecule has 0 radical (unpaired) electrons. The molecular weight excluding hydrogens is 200 g/mol. The predicted octanol–water partition coefficient (Wildman–Crippen LogP) is 3.07. The monoisotopic (exact) mass is 212 g/mol. The third-order valence-corrected chi connectivity index (χ3v) is 2.14. The second-order valence-electron chi connectivity index (χ2n) is 3.19. The quantitative estimate of drug-likeness (QED) is 0.483. The Morgan fingerprint density at radius 3 is 1.56 bits per heavy atom. The van der Waals surface area contributed by atoms with Crippen LogP contribution in [-0.4, -0.2) is 0 Å². The Labute approximate surface area is 94.0 Å². The molecule has 0 heterocycles. The van der Waals surface area contributed by atoms with Crippen molar-refractivity contribution in [2.75, 3.05) is 5.01 Å². The maximum absolute atomic E-state index is 5.12. The average Bonchev–Trinajstić information content (AvgIpc) is 2.38. The fourth-order valence-electron chi connectivity index (χ4n) is 1.44. The van der Waals surface area contributed by atoms with Crippen molar-refractivity contribution in [2.45, 2.75) is 0 Å². The predicted molar refractivity (Wildman–Crippen MR) is 64.1 cm³/mol. The van der Waals surface area contributed by atoms with Crippen molar-refractivity contribution in [1.29, 1.82) is 0 Å². The van der Waals surface area contributed by atoms with Crippen LogP contribution in [0.4, 0.5) is 11.4 Å². The lowest BCUT2D eigenvalue weighted by molar-refractivity contribution is 0.905. The Kier molecular flexibility index (Phi) is 3.13. The van der Waals surface area contributed by atoms with E-state index in [9.17, 15) is 0 Å². The van der Waals surface area contributed by atoms with Crippen LogP contribution in [0.1, 0.15) is 0 Å². The highest BCUT2D eigenvalue weighted by atomic mass is 15.6. The van der Waals surface area contributed by atoms with Crippen LogP contribution in [0.5, 0.6) is 0 Å². The minimum Gasteiger partial charge on any atom is -0.303 e. The van der Waals surface area contributed by atoms with Crippen molar-refractivity contribution in [1.82, 2.24) is 0 Å². The molecule has 2 aromatic carbocycles. The number of rotatable bonds is 3. The summed E-state index contributed by atoms with van der Waals surface area (Å²) >= 11 is 0. The Morgan fingerprint density at radius 2 is 1.19 bits per heavy atom. The smallest absolute Gasteiger partial charge is 0.0670 e. The van der Waals surface area contributed by atoms with E-state index in [0.29, 0.717) is 0 Å². The molecular formula is C12H12N4. The van der Waals surface area contributed by atoms with Gasteiger partial charge in [0, 0.05) is 0 Å². The normalized spacial score (nSPS) is 10.5. The standard InChI is InChI=1S/C12H12N4/c13-14-15-16(11-7-3-1-4-8-11)12-9-5-2-6-10-12/h1-10H,(H2,13,15). The molecule has 4 heteroatoms. The minimum atomic E-state index is 0.919. The number of nitrogens with zero attached hydrogens (tertiary/aromatic N) is 3. The largest absolute Gasteiger partial charge is 0.303 e. The lowest BCUT2D eigenvalue weighted by Gasteiger charge is -2.16. The highest BCUT2D eigenvalue weighted by molar-refractivity contribution is 5.61.